The number of nitrogens with zero attached hydrogens (tertiary/aromatic N) is 5. The van der Waals surface area contributed by atoms with Gasteiger partial charge >= 0.3 is 0 Å². The highest BCUT2D eigenvalue weighted by Crippen LogP contribution is 2.24. The lowest BCUT2D eigenvalue weighted by Gasteiger charge is -2.11. The zero-order valence-electron chi connectivity index (χ0n) is 12.4. The van der Waals surface area contributed by atoms with Gasteiger partial charge in [-0.05, 0) is 20.3 Å². The van der Waals surface area contributed by atoms with Gasteiger partial charge in [0.2, 0.25) is 0 Å². The molecule has 0 bridgehead atoms. The van der Waals surface area contributed by atoms with Crippen LogP contribution in [0.5, 0.6) is 0 Å². The summed E-state index contributed by atoms with van der Waals surface area (Å²) in [4.78, 5) is 8.96. The number of rotatable bonds is 5. The molecule has 3 heterocycles. The molecule has 0 spiro atoms. The Morgan fingerprint density at radius 1 is 1.38 bits per heavy atom. The molecule has 0 saturated carbocycles. The Morgan fingerprint density at radius 2 is 2.29 bits per heavy atom. The first kappa shape index (κ1) is 13.9. The van der Waals surface area contributed by atoms with Crippen molar-refractivity contribution in [3.8, 4) is 0 Å². The van der Waals surface area contributed by atoms with Crippen molar-refractivity contribution < 1.29 is 4.74 Å². The minimum Gasteiger partial charge on any atom is -0.381 e. The standard InChI is InChI=1S/C14H20N6O/c1-10-8-20(19-18-10)5-4-15-14-7-13(16-11(2)17-14)12-3-6-21-9-12/h7-8,12H,3-6,9H2,1-2H3,(H,15,16,17)/t12-/m0/s1. The van der Waals surface area contributed by atoms with Crippen LogP contribution < -0.4 is 5.32 Å². The van der Waals surface area contributed by atoms with Crippen LogP contribution in [0.15, 0.2) is 12.3 Å². The average Bonchev–Trinajstić information content (AvgIpc) is 3.10. The van der Waals surface area contributed by atoms with E-state index in [1.54, 1.807) is 0 Å². The molecule has 2 aromatic heterocycles. The van der Waals surface area contributed by atoms with Crippen LogP contribution in [0.2, 0.25) is 0 Å². The highest BCUT2D eigenvalue weighted by atomic mass is 16.5. The average molecular weight is 288 g/mol. The molecule has 1 aliphatic heterocycles. The summed E-state index contributed by atoms with van der Waals surface area (Å²) in [6.07, 6.45) is 2.96. The van der Waals surface area contributed by atoms with Gasteiger partial charge in [-0.15, -0.1) is 5.10 Å². The summed E-state index contributed by atoms with van der Waals surface area (Å²) in [5.41, 5.74) is 2.00. The van der Waals surface area contributed by atoms with Gasteiger partial charge in [-0.2, -0.15) is 0 Å². The monoisotopic (exact) mass is 288 g/mol. The molecule has 21 heavy (non-hydrogen) atoms. The summed E-state index contributed by atoms with van der Waals surface area (Å²) < 4.78 is 7.25. The van der Waals surface area contributed by atoms with Gasteiger partial charge in [0.15, 0.2) is 0 Å². The number of anilines is 1. The van der Waals surface area contributed by atoms with Gasteiger partial charge in [-0.1, -0.05) is 5.21 Å². The lowest BCUT2D eigenvalue weighted by Crippen LogP contribution is -2.13. The largest absolute Gasteiger partial charge is 0.381 e. The second-order valence-corrected chi connectivity index (χ2v) is 5.34. The molecule has 1 fully saturated rings. The fraction of sp³-hybridized carbons (Fsp3) is 0.571. The first-order valence-electron chi connectivity index (χ1n) is 7.24. The number of hydrogen-bond donors (Lipinski definition) is 1. The van der Waals surface area contributed by atoms with E-state index in [4.69, 9.17) is 4.74 Å². The number of aryl methyl sites for hydroxylation is 2. The Balaban J connectivity index is 1.61. The first-order valence-corrected chi connectivity index (χ1v) is 7.24. The van der Waals surface area contributed by atoms with Crippen LogP contribution in [-0.2, 0) is 11.3 Å². The van der Waals surface area contributed by atoms with Gasteiger partial charge in [0, 0.05) is 31.3 Å². The van der Waals surface area contributed by atoms with Crippen LogP contribution in [0.1, 0.15) is 29.6 Å². The minimum atomic E-state index is 0.394. The van der Waals surface area contributed by atoms with E-state index in [0.29, 0.717) is 5.92 Å². The van der Waals surface area contributed by atoms with Gasteiger partial charge in [-0.25, -0.2) is 9.97 Å². The molecule has 0 aromatic carbocycles. The molecule has 0 radical (unpaired) electrons. The van der Waals surface area contributed by atoms with Gasteiger partial charge < -0.3 is 10.1 Å². The Morgan fingerprint density at radius 3 is 3.00 bits per heavy atom. The summed E-state index contributed by atoms with van der Waals surface area (Å²) in [5, 5.41) is 11.3. The Labute approximate surface area is 123 Å². The van der Waals surface area contributed by atoms with Crippen molar-refractivity contribution in [2.24, 2.45) is 0 Å². The van der Waals surface area contributed by atoms with E-state index < -0.39 is 0 Å². The van der Waals surface area contributed by atoms with Crippen molar-refractivity contribution in [2.45, 2.75) is 32.7 Å². The summed E-state index contributed by atoms with van der Waals surface area (Å²) in [6.45, 7) is 6.94. The third-order valence-electron chi connectivity index (χ3n) is 3.51. The van der Waals surface area contributed by atoms with Crippen molar-refractivity contribution in [2.75, 3.05) is 25.1 Å². The Hall–Kier alpha value is -2.02. The lowest BCUT2D eigenvalue weighted by molar-refractivity contribution is 0.193. The molecule has 1 N–H and O–H groups in total. The van der Waals surface area contributed by atoms with Crippen LogP contribution in [0.3, 0.4) is 0 Å². The smallest absolute Gasteiger partial charge is 0.129 e. The van der Waals surface area contributed by atoms with E-state index >= 15 is 0 Å². The van der Waals surface area contributed by atoms with Crippen LogP contribution in [-0.4, -0.2) is 44.7 Å². The lowest BCUT2D eigenvalue weighted by atomic mass is 10.0. The number of ether oxygens (including phenoxy) is 1. The topological polar surface area (TPSA) is 77.8 Å². The minimum absolute atomic E-state index is 0.394. The second kappa shape index (κ2) is 6.17. The highest BCUT2D eigenvalue weighted by Gasteiger charge is 2.20. The molecule has 112 valence electrons. The SMILES string of the molecule is Cc1cn(CCNc2cc([C@H]3CCOC3)nc(C)n2)nn1. The van der Waals surface area contributed by atoms with E-state index in [0.717, 1.165) is 55.8 Å². The quantitative estimate of drug-likeness (QED) is 0.893. The maximum Gasteiger partial charge on any atom is 0.129 e. The first-order chi connectivity index (χ1) is 10.2. The number of nitrogens with one attached hydrogen (secondary N) is 1. The molecule has 3 rings (SSSR count). The molecule has 0 aliphatic carbocycles. The molecule has 1 aliphatic rings. The summed E-state index contributed by atoms with van der Waals surface area (Å²) >= 11 is 0. The van der Waals surface area contributed by atoms with Crippen LogP contribution in [0.25, 0.3) is 0 Å². The van der Waals surface area contributed by atoms with E-state index in [9.17, 15) is 0 Å². The molecule has 1 saturated heterocycles. The van der Waals surface area contributed by atoms with Gasteiger partial charge in [0.05, 0.1) is 24.5 Å². The van der Waals surface area contributed by atoms with E-state index in [2.05, 4.69) is 25.6 Å². The van der Waals surface area contributed by atoms with Crippen molar-refractivity contribution in [3.63, 3.8) is 0 Å². The third kappa shape index (κ3) is 3.55. The van der Waals surface area contributed by atoms with Crippen LogP contribution in [0.4, 0.5) is 5.82 Å². The van der Waals surface area contributed by atoms with Crippen molar-refractivity contribution in [3.05, 3.63) is 29.5 Å². The second-order valence-electron chi connectivity index (χ2n) is 5.34. The predicted octanol–water partition coefficient (Wildman–Crippen LogP) is 1.30. The Bertz CT molecular complexity index is 605. The van der Waals surface area contributed by atoms with Crippen molar-refractivity contribution >= 4 is 5.82 Å². The van der Waals surface area contributed by atoms with Gasteiger partial charge in [0.1, 0.15) is 11.6 Å². The highest BCUT2D eigenvalue weighted by molar-refractivity contribution is 5.37. The summed E-state index contributed by atoms with van der Waals surface area (Å²) in [7, 11) is 0. The van der Waals surface area contributed by atoms with Gasteiger partial charge in [-0.3, -0.25) is 4.68 Å². The molecular weight excluding hydrogens is 268 g/mol. The Kier molecular flexibility index (Phi) is 4.10. The zero-order valence-corrected chi connectivity index (χ0v) is 12.4. The predicted molar refractivity (Wildman–Crippen MR) is 78.2 cm³/mol. The summed E-state index contributed by atoms with van der Waals surface area (Å²) in [6, 6.07) is 2.03. The third-order valence-corrected chi connectivity index (χ3v) is 3.51. The molecule has 7 heteroatoms. The molecule has 0 unspecified atom stereocenters. The van der Waals surface area contributed by atoms with E-state index in [-0.39, 0.29) is 0 Å². The molecule has 2 aromatic rings. The molecule has 0 amide bonds. The van der Waals surface area contributed by atoms with E-state index in [1.807, 2.05) is 30.8 Å². The normalized spacial score (nSPS) is 18.1. The molecule has 1 atom stereocenters. The van der Waals surface area contributed by atoms with Crippen LogP contribution >= 0.6 is 0 Å². The fourth-order valence-electron chi connectivity index (χ4n) is 2.46. The van der Waals surface area contributed by atoms with Crippen molar-refractivity contribution in [1.29, 1.82) is 0 Å². The molecular formula is C14H20N6O. The van der Waals surface area contributed by atoms with E-state index in [1.165, 1.54) is 0 Å². The van der Waals surface area contributed by atoms with Crippen molar-refractivity contribution in [1.82, 2.24) is 25.0 Å². The van der Waals surface area contributed by atoms with Gasteiger partial charge in [0.25, 0.3) is 0 Å². The zero-order chi connectivity index (χ0) is 14.7. The fourth-order valence-corrected chi connectivity index (χ4v) is 2.46. The number of aromatic nitrogens is 5. The summed E-state index contributed by atoms with van der Waals surface area (Å²) in [5.74, 6) is 2.05. The maximum absolute atomic E-state index is 5.43. The molecule has 7 nitrogen and oxygen atoms in total. The number of hydrogen-bond acceptors (Lipinski definition) is 6. The maximum atomic E-state index is 5.43. The van der Waals surface area contributed by atoms with Crippen LogP contribution in [0, 0.1) is 13.8 Å².